The Labute approximate surface area is 110 Å². The average Bonchev–Trinajstić information content (AvgIpc) is 2.86. The molecule has 92 valence electrons. The normalized spacial score (nSPS) is 11.3. The number of anilines is 1. The van der Waals surface area contributed by atoms with Crippen LogP contribution in [0.15, 0.2) is 30.6 Å². The second-order valence-electron chi connectivity index (χ2n) is 4.38. The number of benzene rings is 1. The lowest BCUT2D eigenvalue weighted by Gasteiger charge is -2.05. The molecule has 1 aromatic carbocycles. The smallest absolute Gasteiger partial charge is 0.129 e. The molecule has 0 aliphatic carbocycles. The van der Waals surface area contributed by atoms with Crippen molar-refractivity contribution in [3.8, 4) is 11.1 Å². The second-order valence-corrected chi connectivity index (χ2v) is 4.79. The fourth-order valence-corrected chi connectivity index (χ4v) is 2.43. The lowest BCUT2D eigenvalue weighted by molar-refractivity contribution is 0.779. The Bertz CT molecular complexity index is 739. The Kier molecular flexibility index (Phi) is 2.35. The number of nitrogens with zero attached hydrogens (tertiary/aromatic N) is 3. The maximum Gasteiger partial charge on any atom is 0.129 e. The van der Waals surface area contributed by atoms with Crippen LogP contribution in [0.1, 0.15) is 0 Å². The van der Waals surface area contributed by atoms with E-state index < -0.39 is 0 Å². The zero-order valence-electron chi connectivity index (χ0n) is 10.2. The molecule has 4 nitrogen and oxygen atoms in total. The predicted octanol–water partition coefficient (Wildman–Crippen LogP) is 2.81. The number of fused-ring (bicyclic) bond motifs is 1. The van der Waals surface area contributed by atoms with Crippen LogP contribution < -0.4 is 5.73 Å². The highest BCUT2D eigenvalue weighted by molar-refractivity contribution is 6.35. The van der Waals surface area contributed by atoms with Gasteiger partial charge in [-0.1, -0.05) is 11.6 Å². The number of rotatable bonds is 1. The highest BCUT2D eigenvalue weighted by Gasteiger charge is 2.11. The average molecular weight is 261 g/mol. The van der Waals surface area contributed by atoms with Gasteiger partial charge in [-0.05, 0) is 23.8 Å². The number of hydrogen-bond donors (Lipinski definition) is 1. The van der Waals surface area contributed by atoms with E-state index in [0.717, 1.165) is 27.1 Å². The molecule has 0 bridgehead atoms. The predicted molar refractivity (Wildman–Crippen MR) is 74.5 cm³/mol. The third-order valence-electron chi connectivity index (χ3n) is 3.25. The van der Waals surface area contributed by atoms with Gasteiger partial charge < -0.3 is 10.3 Å². The van der Waals surface area contributed by atoms with Gasteiger partial charge in [0.05, 0.1) is 11.2 Å². The molecule has 0 unspecified atom stereocenters. The Hall–Kier alpha value is -1.94. The Balaban J connectivity index is 2.30. The molecule has 3 rings (SSSR count). The fraction of sp³-hybridized carbons (Fsp3) is 0.154. The van der Waals surface area contributed by atoms with Crippen molar-refractivity contribution in [1.82, 2.24) is 14.3 Å². The highest BCUT2D eigenvalue weighted by Crippen LogP contribution is 2.33. The van der Waals surface area contributed by atoms with E-state index in [0.29, 0.717) is 5.82 Å². The minimum atomic E-state index is 0.639. The van der Waals surface area contributed by atoms with E-state index in [-0.39, 0.29) is 0 Å². The van der Waals surface area contributed by atoms with Crippen LogP contribution in [0, 0.1) is 0 Å². The van der Waals surface area contributed by atoms with Gasteiger partial charge in [0.15, 0.2) is 0 Å². The van der Waals surface area contributed by atoms with E-state index in [9.17, 15) is 0 Å². The maximum absolute atomic E-state index is 6.30. The van der Waals surface area contributed by atoms with Gasteiger partial charge in [0.25, 0.3) is 0 Å². The molecule has 0 fully saturated rings. The monoisotopic (exact) mass is 260 g/mol. The third-order valence-corrected chi connectivity index (χ3v) is 3.56. The standard InChI is InChI=1S/C13H13ClN4/c1-17-4-3-9-11(14)5-8(6-12(9)17)10-7-16-18(2)13(10)15/h3-7H,15H2,1-2H3. The second kappa shape index (κ2) is 3.78. The number of halogens is 1. The van der Waals surface area contributed by atoms with Crippen molar-refractivity contribution in [2.45, 2.75) is 0 Å². The quantitative estimate of drug-likeness (QED) is 0.731. The summed E-state index contributed by atoms with van der Waals surface area (Å²) in [5.41, 5.74) is 8.97. The highest BCUT2D eigenvalue weighted by atomic mass is 35.5. The van der Waals surface area contributed by atoms with Crippen LogP contribution in [-0.4, -0.2) is 14.3 Å². The molecule has 0 saturated carbocycles. The first kappa shape index (κ1) is 11.2. The SMILES string of the molecule is Cn1ncc(-c2cc(Cl)c3ccn(C)c3c2)c1N. The van der Waals surface area contributed by atoms with Gasteiger partial charge in [-0.15, -0.1) is 0 Å². The van der Waals surface area contributed by atoms with Gasteiger partial charge in [-0.25, -0.2) is 0 Å². The zero-order valence-corrected chi connectivity index (χ0v) is 10.9. The van der Waals surface area contributed by atoms with Crippen LogP contribution >= 0.6 is 11.6 Å². The van der Waals surface area contributed by atoms with E-state index in [4.69, 9.17) is 17.3 Å². The lowest BCUT2D eigenvalue weighted by Crippen LogP contribution is -1.98. The number of aryl methyl sites for hydroxylation is 2. The van der Waals surface area contributed by atoms with Gasteiger partial charge in [-0.2, -0.15) is 5.10 Å². The summed E-state index contributed by atoms with van der Waals surface area (Å²) in [6.07, 6.45) is 3.75. The van der Waals surface area contributed by atoms with Crippen molar-refractivity contribution < 1.29 is 0 Å². The van der Waals surface area contributed by atoms with E-state index in [1.807, 2.05) is 37.0 Å². The first-order valence-electron chi connectivity index (χ1n) is 5.60. The van der Waals surface area contributed by atoms with E-state index in [2.05, 4.69) is 11.2 Å². The first-order chi connectivity index (χ1) is 8.58. The zero-order chi connectivity index (χ0) is 12.9. The summed E-state index contributed by atoms with van der Waals surface area (Å²) in [6, 6.07) is 6.01. The first-order valence-corrected chi connectivity index (χ1v) is 5.98. The number of nitrogens with two attached hydrogens (primary N) is 1. The maximum atomic E-state index is 6.30. The molecule has 0 saturated heterocycles. The summed E-state index contributed by atoms with van der Waals surface area (Å²) in [5.74, 6) is 0.639. The molecular formula is C13H13ClN4. The molecule has 0 radical (unpaired) electrons. The van der Waals surface area contributed by atoms with Crippen molar-refractivity contribution in [2.75, 3.05) is 5.73 Å². The molecule has 2 N–H and O–H groups in total. The van der Waals surface area contributed by atoms with Crippen LogP contribution in [0.3, 0.4) is 0 Å². The Morgan fingerprint density at radius 1 is 1.28 bits per heavy atom. The summed E-state index contributed by atoms with van der Waals surface area (Å²) in [5, 5.41) is 5.93. The third kappa shape index (κ3) is 1.49. The minimum absolute atomic E-state index is 0.639. The number of aromatic nitrogens is 3. The van der Waals surface area contributed by atoms with Gasteiger partial charge in [0.2, 0.25) is 0 Å². The molecule has 0 atom stereocenters. The van der Waals surface area contributed by atoms with E-state index in [1.54, 1.807) is 10.9 Å². The number of nitrogen functional groups attached to an aromatic ring is 1. The van der Waals surface area contributed by atoms with Crippen LogP contribution in [0.25, 0.3) is 22.0 Å². The van der Waals surface area contributed by atoms with Crippen molar-refractivity contribution in [3.63, 3.8) is 0 Å². The van der Waals surface area contributed by atoms with E-state index in [1.165, 1.54) is 0 Å². The summed E-state index contributed by atoms with van der Waals surface area (Å²) >= 11 is 6.30. The molecular weight excluding hydrogens is 248 g/mol. The molecule has 0 aliphatic heterocycles. The molecule has 0 spiro atoms. The molecule has 5 heteroatoms. The van der Waals surface area contributed by atoms with Crippen molar-refractivity contribution in [2.24, 2.45) is 14.1 Å². The van der Waals surface area contributed by atoms with Gasteiger partial charge >= 0.3 is 0 Å². The van der Waals surface area contributed by atoms with Crippen LogP contribution in [0.4, 0.5) is 5.82 Å². The van der Waals surface area contributed by atoms with Gasteiger partial charge in [0, 0.05) is 36.8 Å². The molecule has 2 heterocycles. The summed E-state index contributed by atoms with van der Waals surface area (Å²) in [7, 11) is 3.82. The molecule has 0 amide bonds. The molecule has 3 aromatic rings. The minimum Gasteiger partial charge on any atom is -0.383 e. The van der Waals surface area contributed by atoms with Crippen LogP contribution in [0.2, 0.25) is 5.02 Å². The number of hydrogen-bond acceptors (Lipinski definition) is 2. The summed E-state index contributed by atoms with van der Waals surface area (Å²) in [6.45, 7) is 0. The van der Waals surface area contributed by atoms with E-state index >= 15 is 0 Å². The summed E-state index contributed by atoms with van der Waals surface area (Å²) < 4.78 is 3.69. The van der Waals surface area contributed by atoms with Crippen molar-refractivity contribution >= 4 is 28.3 Å². The molecule has 18 heavy (non-hydrogen) atoms. The lowest BCUT2D eigenvalue weighted by atomic mass is 10.1. The molecule has 2 aromatic heterocycles. The Morgan fingerprint density at radius 3 is 2.72 bits per heavy atom. The van der Waals surface area contributed by atoms with Crippen molar-refractivity contribution in [3.05, 3.63) is 35.6 Å². The topological polar surface area (TPSA) is 48.8 Å². The van der Waals surface area contributed by atoms with Crippen LogP contribution in [0.5, 0.6) is 0 Å². The summed E-state index contributed by atoms with van der Waals surface area (Å²) in [4.78, 5) is 0. The molecule has 0 aliphatic rings. The largest absolute Gasteiger partial charge is 0.383 e. The van der Waals surface area contributed by atoms with Gasteiger partial charge in [0.1, 0.15) is 5.82 Å². The van der Waals surface area contributed by atoms with Crippen molar-refractivity contribution in [1.29, 1.82) is 0 Å². The Morgan fingerprint density at radius 2 is 2.06 bits per heavy atom. The fourth-order valence-electron chi connectivity index (χ4n) is 2.15. The van der Waals surface area contributed by atoms with Gasteiger partial charge in [-0.3, -0.25) is 4.68 Å². The van der Waals surface area contributed by atoms with Crippen LogP contribution in [-0.2, 0) is 14.1 Å².